The van der Waals surface area contributed by atoms with Gasteiger partial charge in [-0.1, -0.05) is 13.8 Å². The maximum absolute atomic E-state index is 9.02. The Hall–Kier alpha value is -0.630. The first-order valence-corrected chi connectivity index (χ1v) is 6.77. The molecule has 0 amide bonds. The number of hydrogen-bond acceptors (Lipinski definition) is 4. The first kappa shape index (κ1) is 14.4. The second kappa shape index (κ2) is 8.46. The van der Waals surface area contributed by atoms with Crippen LogP contribution in [0.3, 0.4) is 0 Å². The van der Waals surface area contributed by atoms with Gasteiger partial charge < -0.3 is 10.1 Å². The molecule has 0 aromatic carbocycles. The monoisotopic (exact) mass is 239 g/mol. The normalized spacial score (nSPS) is 23.2. The van der Waals surface area contributed by atoms with Gasteiger partial charge in [-0.25, -0.2) is 0 Å². The van der Waals surface area contributed by atoms with Crippen LogP contribution in [0.1, 0.15) is 33.1 Å². The van der Waals surface area contributed by atoms with Crippen molar-refractivity contribution in [2.45, 2.75) is 45.3 Å². The van der Waals surface area contributed by atoms with Crippen molar-refractivity contribution in [2.24, 2.45) is 0 Å². The third kappa shape index (κ3) is 5.49. The van der Waals surface area contributed by atoms with Crippen LogP contribution in [0.4, 0.5) is 0 Å². The summed E-state index contributed by atoms with van der Waals surface area (Å²) in [5.74, 6) is 0. The SMILES string of the molecule is CCCOC1CCCN(CC(C#N)NCC)C1. The summed E-state index contributed by atoms with van der Waals surface area (Å²) in [5, 5.41) is 12.2. The van der Waals surface area contributed by atoms with Gasteiger partial charge in [-0.15, -0.1) is 0 Å². The zero-order chi connectivity index (χ0) is 12.5. The highest BCUT2D eigenvalue weighted by molar-refractivity contribution is 4.92. The summed E-state index contributed by atoms with van der Waals surface area (Å²) in [4.78, 5) is 2.35. The Balaban J connectivity index is 2.30. The van der Waals surface area contributed by atoms with E-state index in [1.54, 1.807) is 0 Å². The summed E-state index contributed by atoms with van der Waals surface area (Å²) in [6, 6.07) is 2.26. The highest BCUT2D eigenvalue weighted by atomic mass is 16.5. The summed E-state index contributed by atoms with van der Waals surface area (Å²) in [5.41, 5.74) is 0. The van der Waals surface area contributed by atoms with E-state index in [2.05, 4.69) is 23.2 Å². The van der Waals surface area contributed by atoms with E-state index in [0.717, 1.165) is 45.6 Å². The van der Waals surface area contributed by atoms with Gasteiger partial charge in [0.15, 0.2) is 0 Å². The summed E-state index contributed by atoms with van der Waals surface area (Å²) in [7, 11) is 0. The van der Waals surface area contributed by atoms with Gasteiger partial charge in [-0.05, 0) is 32.4 Å². The molecule has 4 heteroatoms. The van der Waals surface area contributed by atoms with E-state index in [1.807, 2.05) is 6.92 Å². The van der Waals surface area contributed by atoms with Crippen molar-refractivity contribution in [3.8, 4) is 6.07 Å². The lowest BCUT2D eigenvalue weighted by Crippen LogP contribution is -2.46. The quantitative estimate of drug-likeness (QED) is 0.729. The number of nitriles is 1. The number of hydrogen-bond donors (Lipinski definition) is 1. The molecule has 1 rings (SSSR count). The maximum Gasteiger partial charge on any atom is 0.108 e. The number of nitrogens with zero attached hydrogens (tertiary/aromatic N) is 2. The minimum absolute atomic E-state index is 0.0510. The molecule has 4 nitrogen and oxygen atoms in total. The van der Waals surface area contributed by atoms with E-state index >= 15 is 0 Å². The molecule has 1 heterocycles. The first-order chi connectivity index (χ1) is 8.30. The van der Waals surface area contributed by atoms with Crippen molar-refractivity contribution in [3.63, 3.8) is 0 Å². The molecular formula is C13H25N3O. The molecule has 1 N–H and O–H groups in total. The molecule has 0 aromatic rings. The van der Waals surface area contributed by atoms with Gasteiger partial charge in [0.05, 0.1) is 12.2 Å². The summed E-state index contributed by atoms with van der Waals surface area (Å²) >= 11 is 0. The van der Waals surface area contributed by atoms with E-state index in [9.17, 15) is 0 Å². The number of piperidine rings is 1. The highest BCUT2D eigenvalue weighted by Crippen LogP contribution is 2.13. The molecule has 1 aliphatic rings. The van der Waals surface area contributed by atoms with Gasteiger partial charge in [0.2, 0.25) is 0 Å². The third-order valence-corrected chi connectivity index (χ3v) is 3.07. The number of likely N-dealkylation sites (N-methyl/N-ethyl adjacent to an activating group) is 1. The Morgan fingerprint density at radius 2 is 2.35 bits per heavy atom. The molecule has 0 radical (unpaired) electrons. The molecule has 0 aromatic heterocycles. The molecular weight excluding hydrogens is 214 g/mol. The van der Waals surface area contributed by atoms with Crippen LogP contribution in [0, 0.1) is 11.3 Å². The average molecular weight is 239 g/mol. The molecule has 1 saturated heterocycles. The highest BCUT2D eigenvalue weighted by Gasteiger charge is 2.22. The molecule has 2 atom stereocenters. The van der Waals surface area contributed by atoms with Crippen LogP contribution >= 0.6 is 0 Å². The lowest BCUT2D eigenvalue weighted by molar-refractivity contribution is -0.000948. The van der Waals surface area contributed by atoms with E-state index in [1.165, 1.54) is 6.42 Å². The van der Waals surface area contributed by atoms with Crippen molar-refractivity contribution < 1.29 is 4.74 Å². The second-order valence-electron chi connectivity index (χ2n) is 4.63. The number of rotatable bonds is 7. The average Bonchev–Trinajstić information content (AvgIpc) is 2.36. The topological polar surface area (TPSA) is 48.3 Å². The zero-order valence-electron chi connectivity index (χ0n) is 11.1. The number of nitrogens with one attached hydrogen (secondary N) is 1. The van der Waals surface area contributed by atoms with Crippen LogP contribution in [-0.4, -0.2) is 49.8 Å². The van der Waals surface area contributed by atoms with E-state index < -0.39 is 0 Å². The van der Waals surface area contributed by atoms with Crippen LogP contribution in [0.5, 0.6) is 0 Å². The fourth-order valence-electron chi connectivity index (χ4n) is 2.26. The lowest BCUT2D eigenvalue weighted by atomic mass is 10.1. The predicted octanol–water partition coefficient (Wildman–Crippen LogP) is 1.38. The standard InChI is InChI=1S/C13H25N3O/c1-3-8-17-13-6-5-7-16(11-13)10-12(9-14)15-4-2/h12-13,15H,3-8,10-11H2,1-2H3. The Labute approximate surface area is 105 Å². The second-order valence-corrected chi connectivity index (χ2v) is 4.63. The number of likely N-dealkylation sites (tertiary alicyclic amines) is 1. The molecule has 0 aliphatic carbocycles. The predicted molar refractivity (Wildman–Crippen MR) is 68.8 cm³/mol. The fraction of sp³-hybridized carbons (Fsp3) is 0.923. The van der Waals surface area contributed by atoms with Crippen LogP contribution in [0.2, 0.25) is 0 Å². The van der Waals surface area contributed by atoms with E-state index in [4.69, 9.17) is 10.00 Å². The van der Waals surface area contributed by atoms with Gasteiger partial charge in [0, 0.05) is 19.7 Å². The third-order valence-electron chi connectivity index (χ3n) is 3.07. The largest absolute Gasteiger partial charge is 0.377 e. The van der Waals surface area contributed by atoms with Crippen molar-refractivity contribution in [2.75, 3.05) is 32.8 Å². The van der Waals surface area contributed by atoms with Crippen LogP contribution in [0.15, 0.2) is 0 Å². The fourth-order valence-corrected chi connectivity index (χ4v) is 2.26. The Kier molecular flexibility index (Phi) is 7.18. The smallest absolute Gasteiger partial charge is 0.108 e. The van der Waals surface area contributed by atoms with Gasteiger partial charge in [-0.3, -0.25) is 4.90 Å². The van der Waals surface area contributed by atoms with Gasteiger partial charge in [0.25, 0.3) is 0 Å². The molecule has 2 unspecified atom stereocenters. The van der Waals surface area contributed by atoms with Crippen LogP contribution in [0.25, 0.3) is 0 Å². The molecule has 98 valence electrons. The van der Waals surface area contributed by atoms with Crippen LogP contribution < -0.4 is 5.32 Å². The Morgan fingerprint density at radius 1 is 1.53 bits per heavy atom. The number of ether oxygens (including phenoxy) is 1. The molecule has 17 heavy (non-hydrogen) atoms. The first-order valence-electron chi connectivity index (χ1n) is 6.77. The molecule has 0 spiro atoms. The molecule has 0 bridgehead atoms. The molecule has 1 fully saturated rings. The van der Waals surface area contributed by atoms with Crippen LogP contribution in [-0.2, 0) is 4.74 Å². The van der Waals surface area contributed by atoms with Crippen molar-refractivity contribution >= 4 is 0 Å². The molecule has 0 saturated carbocycles. The minimum atomic E-state index is -0.0510. The zero-order valence-corrected chi connectivity index (χ0v) is 11.1. The van der Waals surface area contributed by atoms with Crippen molar-refractivity contribution in [1.82, 2.24) is 10.2 Å². The summed E-state index contributed by atoms with van der Waals surface area (Å²) < 4.78 is 5.79. The Bertz CT molecular complexity index is 239. The summed E-state index contributed by atoms with van der Waals surface area (Å²) in [6.07, 6.45) is 3.78. The summed E-state index contributed by atoms with van der Waals surface area (Å²) in [6.45, 7) is 8.76. The maximum atomic E-state index is 9.02. The molecule has 1 aliphatic heterocycles. The van der Waals surface area contributed by atoms with Crippen molar-refractivity contribution in [3.05, 3.63) is 0 Å². The van der Waals surface area contributed by atoms with E-state index in [0.29, 0.717) is 6.10 Å². The van der Waals surface area contributed by atoms with Gasteiger partial charge in [0.1, 0.15) is 6.04 Å². The van der Waals surface area contributed by atoms with Gasteiger partial charge >= 0.3 is 0 Å². The Morgan fingerprint density at radius 3 is 3.00 bits per heavy atom. The van der Waals surface area contributed by atoms with E-state index in [-0.39, 0.29) is 6.04 Å². The van der Waals surface area contributed by atoms with Gasteiger partial charge in [-0.2, -0.15) is 5.26 Å². The van der Waals surface area contributed by atoms with Crippen molar-refractivity contribution in [1.29, 1.82) is 5.26 Å². The minimum Gasteiger partial charge on any atom is -0.377 e. The lowest BCUT2D eigenvalue weighted by Gasteiger charge is -2.33.